The van der Waals surface area contributed by atoms with Crippen LogP contribution in [0.4, 0.5) is 0 Å². The Bertz CT molecular complexity index is 289. The van der Waals surface area contributed by atoms with Gasteiger partial charge < -0.3 is 9.47 Å². The lowest BCUT2D eigenvalue weighted by atomic mass is 10.0. The molecule has 0 aromatic rings. The van der Waals surface area contributed by atoms with E-state index in [1.807, 2.05) is 0 Å². The van der Waals surface area contributed by atoms with Gasteiger partial charge in [-0.1, -0.05) is 0 Å². The molecule has 3 rings (SSSR count). The largest absolute Gasteiger partial charge is 0.381 e. The summed E-state index contributed by atoms with van der Waals surface area (Å²) in [4.78, 5) is 5.37. The van der Waals surface area contributed by atoms with Crippen molar-refractivity contribution in [1.29, 1.82) is 0 Å². The molecule has 3 aliphatic rings. The van der Waals surface area contributed by atoms with Crippen LogP contribution in [0.3, 0.4) is 0 Å². The van der Waals surface area contributed by atoms with E-state index in [4.69, 9.17) is 9.47 Å². The van der Waals surface area contributed by atoms with Gasteiger partial charge in [-0.05, 0) is 38.5 Å². The molecule has 4 heteroatoms. The van der Waals surface area contributed by atoms with Gasteiger partial charge in [0, 0.05) is 51.5 Å². The molecule has 0 N–H and O–H groups in total. The normalized spacial score (nSPS) is 40.5. The maximum absolute atomic E-state index is 5.53. The Morgan fingerprint density at radius 1 is 0.850 bits per heavy atom. The average molecular weight is 282 g/mol. The molecule has 20 heavy (non-hydrogen) atoms. The summed E-state index contributed by atoms with van der Waals surface area (Å²) in [6.45, 7) is 13.6. The molecule has 0 aromatic carbocycles. The minimum atomic E-state index is 0.668. The van der Waals surface area contributed by atoms with E-state index in [9.17, 15) is 0 Å². The van der Waals surface area contributed by atoms with E-state index in [1.165, 1.54) is 39.0 Å². The second kappa shape index (κ2) is 6.73. The SMILES string of the molecule is C[C@@H]1CN(CC2CCOC2)C[C@H](C)N1CC1CCOC1. The molecule has 4 atom stereocenters. The fourth-order valence-electron chi connectivity index (χ4n) is 4.09. The number of piperazine rings is 1. The third-order valence-electron chi connectivity index (χ3n) is 5.21. The van der Waals surface area contributed by atoms with Crippen LogP contribution in [0, 0.1) is 11.8 Å². The van der Waals surface area contributed by atoms with Crippen molar-refractivity contribution in [3.63, 3.8) is 0 Å². The highest BCUT2D eigenvalue weighted by Gasteiger charge is 2.33. The highest BCUT2D eigenvalue weighted by atomic mass is 16.5. The van der Waals surface area contributed by atoms with E-state index in [0.29, 0.717) is 12.1 Å². The summed E-state index contributed by atoms with van der Waals surface area (Å²) in [6, 6.07) is 1.34. The average Bonchev–Trinajstić information content (AvgIpc) is 3.06. The second-order valence-electron chi connectivity index (χ2n) is 7.07. The molecule has 3 heterocycles. The first-order valence-electron chi connectivity index (χ1n) is 8.36. The molecule has 3 fully saturated rings. The van der Waals surface area contributed by atoms with Crippen LogP contribution >= 0.6 is 0 Å². The zero-order valence-corrected chi connectivity index (χ0v) is 13.1. The van der Waals surface area contributed by atoms with Gasteiger partial charge in [0.15, 0.2) is 0 Å². The number of ether oxygens (including phenoxy) is 2. The van der Waals surface area contributed by atoms with Gasteiger partial charge in [0.2, 0.25) is 0 Å². The summed E-state index contributed by atoms with van der Waals surface area (Å²) >= 11 is 0. The summed E-state index contributed by atoms with van der Waals surface area (Å²) in [6.07, 6.45) is 2.50. The summed E-state index contributed by atoms with van der Waals surface area (Å²) in [5.41, 5.74) is 0. The Hall–Kier alpha value is -0.160. The van der Waals surface area contributed by atoms with Crippen molar-refractivity contribution in [3.05, 3.63) is 0 Å². The highest BCUT2D eigenvalue weighted by Crippen LogP contribution is 2.23. The zero-order chi connectivity index (χ0) is 13.9. The van der Waals surface area contributed by atoms with Crippen molar-refractivity contribution in [2.45, 2.75) is 38.8 Å². The number of hydrogen-bond donors (Lipinski definition) is 0. The lowest BCUT2D eigenvalue weighted by molar-refractivity contribution is 0.0186. The fraction of sp³-hybridized carbons (Fsp3) is 1.00. The summed E-state index contributed by atoms with van der Waals surface area (Å²) < 4.78 is 11.0. The van der Waals surface area contributed by atoms with Crippen LogP contribution in [-0.2, 0) is 9.47 Å². The van der Waals surface area contributed by atoms with Crippen LogP contribution in [0.25, 0.3) is 0 Å². The topological polar surface area (TPSA) is 24.9 Å². The zero-order valence-electron chi connectivity index (χ0n) is 13.1. The summed E-state index contributed by atoms with van der Waals surface area (Å²) in [5.74, 6) is 1.53. The summed E-state index contributed by atoms with van der Waals surface area (Å²) in [7, 11) is 0. The number of rotatable bonds is 4. The van der Waals surface area contributed by atoms with Crippen molar-refractivity contribution in [3.8, 4) is 0 Å². The first-order chi connectivity index (χ1) is 9.72. The Morgan fingerprint density at radius 3 is 1.90 bits per heavy atom. The Morgan fingerprint density at radius 2 is 1.40 bits per heavy atom. The van der Waals surface area contributed by atoms with E-state index in [2.05, 4.69) is 23.6 Å². The van der Waals surface area contributed by atoms with Crippen molar-refractivity contribution in [2.75, 3.05) is 52.6 Å². The number of nitrogens with zero attached hydrogens (tertiary/aromatic N) is 2. The molecule has 0 bridgehead atoms. The molecule has 0 radical (unpaired) electrons. The van der Waals surface area contributed by atoms with E-state index in [0.717, 1.165) is 38.3 Å². The highest BCUT2D eigenvalue weighted by molar-refractivity contribution is 4.87. The third kappa shape index (κ3) is 3.53. The molecule has 4 nitrogen and oxygen atoms in total. The lowest BCUT2D eigenvalue weighted by Crippen LogP contribution is -2.58. The molecule has 0 saturated carbocycles. The fourth-order valence-corrected chi connectivity index (χ4v) is 4.09. The van der Waals surface area contributed by atoms with Crippen molar-refractivity contribution in [2.24, 2.45) is 11.8 Å². The monoisotopic (exact) mass is 282 g/mol. The van der Waals surface area contributed by atoms with Crippen LogP contribution in [0.15, 0.2) is 0 Å². The lowest BCUT2D eigenvalue weighted by Gasteiger charge is -2.46. The van der Waals surface area contributed by atoms with Crippen LogP contribution < -0.4 is 0 Å². The first-order valence-corrected chi connectivity index (χ1v) is 8.36. The standard InChI is InChI=1S/C16H30N2O2/c1-13-7-17(9-15-3-5-19-11-15)8-14(2)18(13)10-16-4-6-20-12-16/h13-16H,3-12H2,1-2H3/t13-,14+,15?,16?. The van der Waals surface area contributed by atoms with Gasteiger partial charge in [-0.2, -0.15) is 0 Å². The molecular weight excluding hydrogens is 252 g/mol. The van der Waals surface area contributed by atoms with Crippen molar-refractivity contribution in [1.82, 2.24) is 9.80 Å². The van der Waals surface area contributed by atoms with Gasteiger partial charge in [-0.15, -0.1) is 0 Å². The summed E-state index contributed by atoms with van der Waals surface area (Å²) in [5, 5.41) is 0. The molecule has 0 amide bonds. The van der Waals surface area contributed by atoms with E-state index >= 15 is 0 Å². The van der Waals surface area contributed by atoms with E-state index in [1.54, 1.807) is 0 Å². The molecule has 0 aliphatic carbocycles. The van der Waals surface area contributed by atoms with Crippen LogP contribution in [0.5, 0.6) is 0 Å². The smallest absolute Gasteiger partial charge is 0.0507 e. The number of hydrogen-bond acceptors (Lipinski definition) is 4. The van der Waals surface area contributed by atoms with Crippen LogP contribution in [-0.4, -0.2) is 74.5 Å². The van der Waals surface area contributed by atoms with Gasteiger partial charge in [-0.25, -0.2) is 0 Å². The minimum Gasteiger partial charge on any atom is -0.381 e. The van der Waals surface area contributed by atoms with Crippen molar-refractivity contribution >= 4 is 0 Å². The Balaban J connectivity index is 1.49. The van der Waals surface area contributed by atoms with Crippen LogP contribution in [0.2, 0.25) is 0 Å². The quantitative estimate of drug-likeness (QED) is 0.779. The molecule has 3 saturated heterocycles. The molecule has 3 aliphatic heterocycles. The van der Waals surface area contributed by atoms with Crippen LogP contribution in [0.1, 0.15) is 26.7 Å². The van der Waals surface area contributed by atoms with E-state index in [-0.39, 0.29) is 0 Å². The molecule has 0 aromatic heterocycles. The maximum Gasteiger partial charge on any atom is 0.0507 e. The minimum absolute atomic E-state index is 0.668. The maximum atomic E-state index is 5.53. The van der Waals surface area contributed by atoms with E-state index < -0.39 is 0 Å². The molecule has 116 valence electrons. The predicted octanol–water partition coefficient (Wildman–Crippen LogP) is 1.45. The van der Waals surface area contributed by atoms with Gasteiger partial charge in [0.25, 0.3) is 0 Å². The van der Waals surface area contributed by atoms with Gasteiger partial charge in [0.05, 0.1) is 13.2 Å². The Kier molecular flexibility index (Phi) is 4.97. The van der Waals surface area contributed by atoms with Gasteiger partial charge >= 0.3 is 0 Å². The first kappa shape index (κ1) is 14.8. The van der Waals surface area contributed by atoms with Gasteiger partial charge in [-0.3, -0.25) is 9.80 Å². The predicted molar refractivity (Wildman–Crippen MR) is 79.9 cm³/mol. The Labute approximate surface area is 123 Å². The van der Waals surface area contributed by atoms with Crippen molar-refractivity contribution < 1.29 is 9.47 Å². The van der Waals surface area contributed by atoms with Gasteiger partial charge in [0.1, 0.15) is 0 Å². The third-order valence-corrected chi connectivity index (χ3v) is 5.21. The molecule has 0 spiro atoms. The molecular formula is C16H30N2O2. The molecule has 2 unspecified atom stereocenters. The second-order valence-corrected chi connectivity index (χ2v) is 7.07.